The molecular formula is C9H16F2O2. The van der Waals surface area contributed by atoms with E-state index in [1.165, 1.54) is 13.8 Å². The first kappa shape index (κ1) is 12.5. The van der Waals surface area contributed by atoms with Crippen molar-refractivity contribution in [3.05, 3.63) is 12.2 Å². The van der Waals surface area contributed by atoms with Crippen LogP contribution in [-0.4, -0.2) is 34.8 Å². The van der Waals surface area contributed by atoms with E-state index >= 15 is 0 Å². The lowest BCUT2D eigenvalue weighted by atomic mass is 9.80. The largest absolute Gasteiger partial charge is 0.393 e. The molecule has 0 saturated carbocycles. The molecule has 0 rings (SSSR count). The van der Waals surface area contributed by atoms with Crippen LogP contribution < -0.4 is 0 Å². The van der Waals surface area contributed by atoms with E-state index < -0.39 is 24.6 Å². The Bertz CT molecular complexity index is 190. The van der Waals surface area contributed by atoms with E-state index in [9.17, 15) is 8.78 Å². The molecule has 0 spiro atoms. The predicted molar refractivity (Wildman–Crippen MR) is 47.0 cm³/mol. The minimum Gasteiger partial charge on any atom is -0.393 e. The molecule has 0 aliphatic carbocycles. The molecule has 0 aliphatic rings. The summed E-state index contributed by atoms with van der Waals surface area (Å²) in [5.74, 6) is 0. The SMILES string of the molecule is C=C(C)C(F)(CO)C(F)(CC)CO. The minimum absolute atomic E-state index is 0.117. The van der Waals surface area contributed by atoms with E-state index in [0.29, 0.717) is 0 Å². The molecular weight excluding hydrogens is 178 g/mol. The first-order valence-electron chi connectivity index (χ1n) is 4.13. The second-order valence-corrected chi connectivity index (χ2v) is 3.22. The van der Waals surface area contributed by atoms with Crippen LogP contribution in [0.15, 0.2) is 12.2 Å². The van der Waals surface area contributed by atoms with Gasteiger partial charge in [-0.05, 0) is 18.9 Å². The topological polar surface area (TPSA) is 40.5 Å². The summed E-state index contributed by atoms with van der Waals surface area (Å²) in [7, 11) is 0. The average molecular weight is 194 g/mol. The van der Waals surface area contributed by atoms with Gasteiger partial charge in [0, 0.05) is 0 Å². The maximum absolute atomic E-state index is 13.8. The number of halogens is 2. The Hall–Kier alpha value is -0.480. The van der Waals surface area contributed by atoms with E-state index in [4.69, 9.17) is 10.2 Å². The second-order valence-electron chi connectivity index (χ2n) is 3.22. The van der Waals surface area contributed by atoms with Crippen molar-refractivity contribution < 1.29 is 19.0 Å². The van der Waals surface area contributed by atoms with Crippen LogP contribution in [0.1, 0.15) is 20.3 Å². The van der Waals surface area contributed by atoms with E-state index in [1.54, 1.807) is 0 Å². The zero-order valence-electron chi connectivity index (χ0n) is 7.98. The molecule has 0 aromatic carbocycles. The Balaban J connectivity index is 5.03. The first-order chi connectivity index (χ1) is 5.88. The standard InChI is InChI=1S/C9H16F2O2/c1-4-8(10,5-12)9(11,6-13)7(2)3/h12-13H,2,4-6H2,1,3H3. The minimum atomic E-state index is -2.56. The summed E-state index contributed by atoms with van der Waals surface area (Å²) < 4.78 is 27.5. The summed E-state index contributed by atoms with van der Waals surface area (Å²) in [6, 6.07) is 0. The number of hydrogen-bond donors (Lipinski definition) is 2. The van der Waals surface area contributed by atoms with Crippen molar-refractivity contribution in [1.82, 2.24) is 0 Å². The Labute approximate surface area is 76.9 Å². The van der Waals surface area contributed by atoms with Gasteiger partial charge in [0.2, 0.25) is 0 Å². The number of aliphatic hydroxyl groups is 2. The summed E-state index contributed by atoms with van der Waals surface area (Å²) in [6.07, 6.45) is -0.215. The third kappa shape index (κ3) is 1.89. The van der Waals surface area contributed by atoms with Gasteiger partial charge < -0.3 is 10.2 Å². The third-order valence-corrected chi connectivity index (χ3v) is 2.42. The van der Waals surface area contributed by atoms with Crippen molar-refractivity contribution in [2.75, 3.05) is 13.2 Å². The Morgan fingerprint density at radius 1 is 1.31 bits per heavy atom. The van der Waals surface area contributed by atoms with Gasteiger partial charge >= 0.3 is 0 Å². The maximum Gasteiger partial charge on any atom is 0.190 e. The van der Waals surface area contributed by atoms with Gasteiger partial charge in [-0.2, -0.15) is 0 Å². The van der Waals surface area contributed by atoms with Crippen molar-refractivity contribution in [1.29, 1.82) is 0 Å². The molecule has 78 valence electrons. The van der Waals surface area contributed by atoms with Crippen LogP contribution in [0.5, 0.6) is 0 Å². The van der Waals surface area contributed by atoms with E-state index in [-0.39, 0.29) is 12.0 Å². The molecule has 0 fully saturated rings. The van der Waals surface area contributed by atoms with Gasteiger partial charge in [-0.3, -0.25) is 0 Å². The average Bonchev–Trinajstić information content (AvgIpc) is 2.14. The zero-order valence-corrected chi connectivity index (χ0v) is 7.98. The second kappa shape index (κ2) is 4.15. The zero-order chi connectivity index (χ0) is 10.7. The molecule has 0 aromatic heterocycles. The van der Waals surface area contributed by atoms with Crippen molar-refractivity contribution >= 4 is 0 Å². The van der Waals surface area contributed by atoms with Crippen LogP contribution in [0.25, 0.3) is 0 Å². The monoisotopic (exact) mass is 194 g/mol. The molecule has 2 N–H and O–H groups in total. The highest BCUT2D eigenvalue weighted by molar-refractivity contribution is 5.19. The Morgan fingerprint density at radius 3 is 1.85 bits per heavy atom. The van der Waals surface area contributed by atoms with Crippen LogP contribution in [0.3, 0.4) is 0 Å². The van der Waals surface area contributed by atoms with Crippen molar-refractivity contribution in [3.8, 4) is 0 Å². The Kier molecular flexibility index (Phi) is 4.00. The van der Waals surface area contributed by atoms with E-state index in [1.807, 2.05) is 0 Å². The van der Waals surface area contributed by atoms with Gasteiger partial charge in [0.25, 0.3) is 0 Å². The van der Waals surface area contributed by atoms with Crippen molar-refractivity contribution in [3.63, 3.8) is 0 Å². The van der Waals surface area contributed by atoms with Crippen LogP contribution in [-0.2, 0) is 0 Å². The third-order valence-electron chi connectivity index (χ3n) is 2.42. The summed E-state index contributed by atoms with van der Waals surface area (Å²) >= 11 is 0. The molecule has 13 heavy (non-hydrogen) atoms. The highest BCUT2D eigenvalue weighted by atomic mass is 19.2. The maximum atomic E-state index is 13.8. The van der Waals surface area contributed by atoms with Crippen LogP contribution in [0.2, 0.25) is 0 Å². The Morgan fingerprint density at radius 2 is 1.77 bits per heavy atom. The number of alkyl halides is 2. The fourth-order valence-corrected chi connectivity index (χ4v) is 1.18. The van der Waals surface area contributed by atoms with E-state index in [0.717, 1.165) is 0 Å². The van der Waals surface area contributed by atoms with Gasteiger partial charge in [-0.15, -0.1) is 0 Å². The molecule has 0 heterocycles. The summed E-state index contributed by atoms with van der Waals surface area (Å²) in [4.78, 5) is 0. The van der Waals surface area contributed by atoms with Crippen LogP contribution in [0, 0.1) is 0 Å². The van der Waals surface area contributed by atoms with Crippen LogP contribution >= 0.6 is 0 Å². The lowest BCUT2D eigenvalue weighted by molar-refractivity contribution is -0.0800. The molecule has 4 heteroatoms. The lowest BCUT2D eigenvalue weighted by Gasteiger charge is -2.36. The van der Waals surface area contributed by atoms with Gasteiger partial charge in [0.05, 0.1) is 13.2 Å². The quantitative estimate of drug-likeness (QED) is 0.649. The number of rotatable bonds is 5. The fraction of sp³-hybridized carbons (Fsp3) is 0.778. The van der Waals surface area contributed by atoms with Crippen LogP contribution in [0.4, 0.5) is 8.78 Å². The molecule has 0 radical (unpaired) electrons. The fourth-order valence-electron chi connectivity index (χ4n) is 1.18. The first-order valence-corrected chi connectivity index (χ1v) is 4.13. The number of aliphatic hydroxyl groups excluding tert-OH is 2. The summed E-state index contributed by atoms with van der Waals surface area (Å²) in [5.41, 5.74) is -5.13. The highest BCUT2D eigenvalue weighted by Crippen LogP contribution is 2.38. The predicted octanol–water partition coefficient (Wildman–Crippen LogP) is 1.37. The summed E-state index contributed by atoms with van der Waals surface area (Å²) in [5, 5.41) is 17.5. The molecule has 2 atom stereocenters. The molecule has 0 amide bonds. The van der Waals surface area contributed by atoms with Gasteiger partial charge in [0.15, 0.2) is 11.3 Å². The van der Waals surface area contributed by atoms with Crippen molar-refractivity contribution in [2.45, 2.75) is 31.6 Å². The van der Waals surface area contributed by atoms with Gasteiger partial charge in [-0.25, -0.2) is 8.78 Å². The molecule has 0 aliphatic heterocycles. The molecule has 0 bridgehead atoms. The highest BCUT2D eigenvalue weighted by Gasteiger charge is 2.52. The molecule has 2 nitrogen and oxygen atoms in total. The molecule has 0 saturated heterocycles. The van der Waals surface area contributed by atoms with Gasteiger partial charge in [0.1, 0.15) is 0 Å². The summed E-state index contributed by atoms with van der Waals surface area (Å²) in [6.45, 7) is 4.00. The van der Waals surface area contributed by atoms with E-state index in [2.05, 4.69) is 6.58 Å². The normalized spacial score (nSPS) is 20.5. The van der Waals surface area contributed by atoms with Gasteiger partial charge in [-0.1, -0.05) is 13.5 Å². The lowest BCUT2D eigenvalue weighted by Crippen LogP contribution is -2.53. The number of hydrogen-bond acceptors (Lipinski definition) is 2. The molecule has 0 aromatic rings. The van der Waals surface area contributed by atoms with Crippen molar-refractivity contribution in [2.24, 2.45) is 0 Å². The smallest absolute Gasteiger partial charge is 0.190 e. The molecule has 2 unspecified atom stereocenters.